The molecular weight excluding hydrogens is 258 g/mol. The lowest BCUT2D eigenvalue weighted by Gasteiger charge is -2.01. The highest BCUT2D eigenvalue weighted by molar-refractivity contribution is 7.13. The molecule has 1 N–H and O–H groups in total. The van der Waals surface area contributed by atoms with Crippen LogP contribution in [0.2, 0.25) is 0 Å². The molecular formula is C13H13N5S. The molecule has 2 heterocycles. The Labute approximate surface area is 114 Å². The zero-order valence-corrected chi connectivity index (χ0v) is 11.0. The van der Waals surface area contributed by atoms with E-state index in [1.54, 1.807) is 5.51 Å². The van der Waals surface area contributed by atoms with E-state index >= 15 is 0 Å². The zero-order chi connectivity index (χ0) is 12.9. The average Bonchev–Trinajstić information content (AvgIpc) is 3.09. The second-order valence-corrected chi connectivity index (χ2v) is 4.96. The van der Waals surface area contributed by atoms with Crippen molar-refractivity contribution in [2.24, 2.45) is 0 Å². The fourth-order valence-electron chi connectivity index (χ4n) is 1.78. The van der Waals surface area contributed by atoms with Gasteiger partial charge in [-0.05, 0) is 5.56 Å². The summed E-state index contributed by atoms with van der Waals surface area (Å²) in [5, 5.41) is 16.1. The Balaban J connectivity index is 1.60. The number of nitrogens with one attached hydrogen (secondary N) is 1. The van der Waals surface area contributed by atoms with E-state index in [0.29, 0.717) is 6.54 Å². The van der Waals surface area contributed by atoms with Crippen LogP contribution in [0.25, 0.3) is 0 Å². The minimum absolute atomic E-state index is 0.712. The van der Waals surface area contributed by atoms with Crippen LogP contribution in [0.15, 0.2) is 48.2 Å². The van der Waals surface area contributed by atoms with Gasteiger partial charge in [-0.2, -0.15) is 5.10 Å². The van der Waals surface area contributed by atoms with Crippen molar-refractivity contribution in [3.8, 4) is 0 Å². The van der Waals surface area contributed by atoms with Gasteiger partial charge in [0.1, 0.15) is 5.51 Å². The minimum atomic E-state index is 0.712. The number of aromatic nitrogens is 4. The van der Waals surface area contributed by atoms with Gasteiger partial charge in [0.2, 0.25) is 5.13 Å². The molecule has 0 bridgehead atoms. The molecule has 3 rings (SSSR count). The molecule has 0 saturated heterocycles. The summed E-state index contributed by atoms with van der Waals surface area (Å²) in [6.07, 6.45) is 3.91. The van der Waals surface area contributed by atoms with Crippen LogP contribution < -0.4 is 5.32 Å². The molecule has 0 amide bonds. The maximum Gasteiger partial charge on any atom is 0.205 e. The van der Waals surface area contributed by atoms with E-state index < -0.39 is 0 Å². The molecule has 0 radical (unpaired) electrons. The molecule has 0 aliphatic carbocycles. The van der Waals surface area contributed by atoms with E-state index in [9.17, 15) is 0 Å². The lowest BCUT2D eigenvalue weighted by molar-refractivity contribution is 0.686. The number of rotatable bonds is 5. The summed E-state index contributed by atoms with van der Waals surface area (Å²) < 4.78 is 1.94. The smallest absolute Gasteiger partial charge is 0.205 e. The standard InChI is InChI=1S/C13H13N5S/c1-2-4-11(5-3-1)8-18-9-12(7-16-18)6-14-13-17-15-10-19-13/h1-5,7,9-10H,6,8H2,(H,14,17). The summed E-state index contributed by atoms with van der Waals surface area (Å²) in [6.45, 7) is 1.50. The van der Waals surface area contributed by atoms with Crippen LogP contribution in [-0.4, -0.2) is 20.0 Å². The molecule has 1 aromatic carbocycles. The molecule has 2 aromatic heterocycles. The van der Waals surface area contributed by atoms with Crippen LogP contribution in [0.1, 0.15) is 11.1 Å². The van der Waals surface area contributed by atoms with E-state index in [1.165, 1.54) is 16.9 Å². The topological polar surface area (TPSA) is 55.6 Å². The Morgan fingerprint density at radius 3 is 2.84 bits per heavy atom. The van der Waals surface area contributed by atoms with Crippen molar-refractivity contribution in [2.45, 2.75) is 13.1 Å². The van der Waals surface area contributed by atoms with Crippen molar-refractivity contribution in [2.75, 3.05) is 5.32 Å². The van der Waals surface area contributed by atoms with Crippen molar-refractivity contribution in [3.63, 3.8) is 0 Å². The Morgan fingerprint density at radius 2 is 2.05 bits per heavy atom. The SMILES string of the molecule is c1ccc(Cn2cc(CNc3nncs3)cn2)cc1. The monoisotopic (exact) mass is 271 g/mol. The third-order valence-corrected chi connectivity index (χ3v) is 3.33. The first-order valence-corrected chi connectivity index (χ1v) is 6.83. The lowest BCUT2D eigenvalue weighted by atomic mass is 10.2. The van der Waals surface area contributed by atoms with Crippen LogP contribution >= 0.6 is 11.3 Å². The van der Waals surface area contributed by atoms with Gasteiger partial charge in [0.05, 0.1) is 12.7 Å². The fraction of sp³-hybridized carbons (Fsp3) is 0.154. The van der Waals surface area contributed by atoms with Crippen LogP contribution in [0.5, 0.6) is 0 Å². The number of benzene rings is 1. The summed E-state index contributed by atoms with van der Waals surface area (Å²) in [4.78, 5) is 0. The third kappa shape index (κ3) is 3.17. The molecule has 5 nitrogen and oxygen atoms in total. The fourth-order valence-corrected chi connectivity index (χ4v) is 2.23. The Bertz CT molecular complexity index is 618. The van der Waals surface area contributed by atoms with Crippen molar-refractivity contribution >= 4 is 16.5 Å². The summed E-state index contributed by atoms with van der Waals surface area (Å²) in [7, 11) is 0. The second kappa shape index (κ2) is 5.62. The van der Waals surface area contributed by atoms with Crippen molar-refractivity contribution in [1.82, 2.24) is 20.0 Å². The Morgan fingerprint density at radius 1 is 1.16 bits per heavy atom. The van der Waals surface area contributed by atoms with Crippen molar-refractivity contribution in [3.05, 3.63) is 59.4 Å². The third-order valence-electron chi connectivity index (χ3n) is 2.68. The number of anilines is 1. The first-order chi connectivity index (χ1) is 9.40. The van der Waals surface area contributed by atoms with Gasteiger partial charge in [-0.3, -0.25) is 4.68 Å². The quantitative estimate of drug-likeness (QED) is 0.774. The Hall–Kier alpha value is -2.21. The van der Waals surface area contributed by atoms with Crippen LogP contribution in [0, 0.1) is 0 Å². The van der Waals surface area contributed by atoms with Gasteiger partial charge in [0.15, 0.2) is 0 Å². The van der Waals surface area contributed by atoms with Gasteiger partial charge in [-0.1, -0.05) is 41.7 Å². The highest BCUT2D eigenvalue weighted by atomic mass is 32.1. The van der Waals surface area contributed by atoms with E-state index in [4.69, 9.17) is 0 Å². The van der Waals surface area contributed by atoms with E-state index in [1.807, 2.05) is 35.3 Å². The predicted molar refractivity (Wildman–Crippen MR) is 75.0 cm³/mol. The first kappa shape index (κ1) is 11.9. The molecule has 3 aromatic rings. The average molecular weight is 271 g/mol. The highest BCUT2D eigenvalue weighted by Crippen LogP contribution is 2.10. The molecule has 0 fully saturated rings. The van der Waals surface area contributed by atoms with Gasteiger partial charge in [-0.25, -0.2) is 0 Å². The maximum atomic E-state index is 4.36. The van der Waals surface area contributed by atoms with Gasteiger partial charge in [0.25, 0.3) is 0 Å². The summed E-state index contributed by atoms with van der Waals surface area (Å²) >= 11 is 1.49. The zero-order valence-electron chi connectivity index (χ0n) is 10.2. The second-order valence-electron chi connectivity index (χ2n) is 4.13. The Kier molecular flexibility index (Phi) is 3.51. The van der Waals surface area contributed by atoms with E-state index in [2.05, 4.69) is 32.7 Å². The molecule has 19 heavy (non-hydrogen) atoms. The predicted octanol–water partition coefficient (Wildman–Crippen LogP) is 2.40. The molecule has 0 aliphatic heterocycles. The summed E-state index contributed by atoms with van der Waals surface area (Å²) in [5.41, 5.74) is 4.08. The molecule has 96 valence electrons. The largest absolute Gasteiger partial charge is 0.356 e. The van der Waals surface area contributed by atoms with Crippen LogP contribution in [0.3, 0.4) is 0 Å². The molecule has 0 aliphatic rings. The maximum absolute atomic E-state index is 4.36. The normalized spacial score (nSPS) is 10.5. The minimum Gasteiger partial charge on any atom is -0.356 e. The van der Waals surface area contributed by atoms with Gasteiger partial charge < -0.3 is 5.32 Å². The molecule has 0 spiro atoms. The first-order valence-electron chi connectivity index (χ1n) is 5.95. The van der Waals surface area contributed by atoms with Crippen molar-refractivity contribution in [1.29, 1.82) is 0 Å². The number of nitrogens with zero attached hydrogens (tertiary/aromatic N) is 4. The van der Waals surface area contributed by atoms with Gasteiger partial charge in [-0.15, -0.1) is 10.2 Å². The molecule has 0 saturated carbocycles. The van der Waals surface area contributed by atoms with E-state index in [0.717, 1.165) is 17.2 Å². The van der Waals surface area contributed by atoms with Crippen LogP contribution in [-0.2, 0) is 13.1 Å². The highest BCUT2D eigenvalue weighted by Gasteiger charge is 2.01. The number of hydrogen-bond donors (Lipinski definition) is 1. The van der Waals surface area contributed by atoms with Gasteiger partial charge >= 0.3 is 0 Å². The van der Waals surface area contributed by atoms with Crippen LogP contribution in [0.4, 0.5) is 5.13 Å². The number of hydrogen-bond acceptors (Lipinski definition) is 5. The van der Waals surface area contributed by atoms with Crippen molar-refractivity contribution < 1.29 is 0 Å². The lowest BCUT2D eigenvalue weighted by Crippen LogP contribution is -2.00. The molecule has 0 atom stereocenters. The molecule has 6 heteroatoms. The molecule has 0 unspecified atom stereocenters. The van der Waals surface area contributed by atoms with Gasteiger partial charge in [0, 0.05) is 18.3 Å². The van der Waals surface area contributed by atoms with E-state index in [-0.39, 0.29) is 0 Å². The summed E-state index contributed by atoms with van der Waals surface area (Å²) in [5.74, 6) is 0. The summed E-state index contributed by atoms with van der Waals surface area (Å²) in [6, 6.07) is 10.3.